The number of nitrogens with zero attached hydrogens (tertiary/aromatic N) is 1. The van der Waals surface area contributed by atoms with Crippen molar-refractivity contribution < 1.29 is 23.9 Å². The summed E-state index contributed by atoms with van der Waals surface area (Å²) in [6, 6.07) is 40.8. The molecule has 0 spiro atoms. The molecule has 5 aromatic rings. The van der Waals surface area contributed by atoms with Gasteiger partial charge in [-0.2, -0.15) is 0 Å². The standard InChI is InChI=1S/C41H30ClNO5/c1-47-31-20-16-25(17-21-31)33-34(26-18-22-32(48-2)23-19-26)41(28-12-7-4-8-13-28)36-35(40(33,39(41)46)27-10-5-3-6-11-27)37(44)43(38(36)45)30-15-9-14-29(42)24-30/h3-24,35-36H,1-2H3/t35-,36-,40-,41-/m1/s1. The number of hydrogen-bond acceptors (Lipinski definition) is 5. The number of halogens is 1. The Morgan fingerprint density at radius 2 is 1.00 bits per heavy atom. The van der Waals surface area contributed by atoms with E-state index in [1.807, 2.05) is 109 Å². The predicted molar refractivity (Wildman–Crippen MR) is 185 cm³/mol. The molecule has 2 aliphatic carbocycles. The highest BCUT2D eigenvalue weighted by Crippen LogP contribution is 2.74. The molecule has 6 nitrogen and oxygen atoms in total. The van der Waals surface area contributed by atoms with Crippen molar-refractivity contribution in [1.82, 2.24) is 0 Å². The summed E-state index contributed by atoms with van der Waals surface area (Å²) >= 11 is 6.40. The van der Waals surface area contributed by atoms with Crippen LogP contribution in [0.3, 0.4) is 0 Å². The molecule has 1 heterocycles. The van der Waals surface area contributed by atoms with Crippen LogP contribution in [0.15, 0.2) is 133 Å². The molecule has 1 saturated heterocycles. The van der Waals surface area contributed by atoms with E-state index in [9.17, 15) is 0 Å². The quantitative estimate of drug-likeness (QED) is 0.170. The molecular formula is C41H30ClNO5. The van der Waals surface area contributed by atoms with Gasteiger partial charge in [-0.3, -0.25) is 14.4 Å². The Morgan fingerprint density at radius 3 is 1.40 bits per heavy atom. The van der Waals surface area contributed by atoms with E-state index in [1.165, 1.54) is 4.90 Å². The molecule has 2 fully saturated rings. The first-order chi connectivity index (χ1) is 23.4. The number of allylic oxidation sites excluding steroid dienone is 2. The number of hydrogen-bond donors (Lipinski definition) is 0. The third kappa shape index (κ3) is 3.84. The van der Waals surface area contributed by atoms with Crippen molar-refractivity contribution >= 4 is 46.0 Å². The molecule has 0 N–H and O–H groups in total. The summed E-state index contributed by atoms with van der Waals surface area (Å²) in [5.41, 5.74) is 1.60. The molecule has 48 heavy (non-hydrogen) atoms. The number of amides is 2. The molecule has 4 atom stereocenters. The van der Waals surface area contributed by atoms with Crippen LogP contribution >= 0.6 is 11.6 Å². The second-order valence-electron chi connectivity index (χ2n) is 12.3. The number of carbonyl (C=O) groups is 3. The number of carbonyl (C=O) groups excluding carboxylic acids is 3. The van der Waals surface area contributed by atoms with Crippen molar-refractivity contribution in [3.63, 3.8) is 0 Å². The van der Waals surface area contributed by atoms with E-state index in [0.717, 1.165) is 11.1 Å². The topological polar surface area (TPSA) is 72.9 Å². The average Bonchev–Trinajstić information content (AvgIpc) is 3.64. The first-order valence-electron chi connectivity index (χ1n) is 15.7. The zero-order valence-corrected chi connectivity index (χ0v) is 27.0. The fourth-order valence-corrected chi connectivity index (χ4v) is 8.69. The van der Waals surface area contributed by atoms with Crippen LogP contribution in [0.2, 0.25) is 5.02 Å². The van der Waals surface area contributed by atoms with E-state index in [1.54, 1.807) is 38.5 Å². The third-order valence-electron chi connectivity index (χ3n) is 10.3. The summed E-state index contributed by atoms with van der Waals surface area (Å²) in [6.45, 7) is 0. The van der Waals surface area contributed by atoms with Gasteiger partial charge in [0.15, 0.2) is 5.78 Å². The van der Waals surface area contributed by atoms with Crippen molar-refractivity contribution in [3.8, 4) is 11.5 Å². The lowest BCUT2D eigenvalue weighted by Crippen LogP contribution is -2.45. The number of fused-ring (bicyclic) bond motifs is 5. The van der Waals surface area contributed by atoms with Crippen LogP contribution in [0.25, 0.3) is 11.1 Å². The highest BCUT2D eigenvalue weighted by molar-refractivity contribution is 6.39. The molecule has 0 unspecified atom stereocenters. The van der Waals surface area contributed by atoms with Gasteiger partial charge in [-0.1, -0.05) is 103 Å². The molecule has 2 bridgehead atoms. The lowest BCUT2D eigenvalue weighted by molar-refractivity contribution is -0.130. The highest BCUT2D eigenvalue weighted by atomic mass is 35.5. The first-order valence-corrected chi connectivity index (χ1v) is 16.1. The lowest BCUT2D eigenvalue weighted by Gasteiger charge is -2.39. The maximum Gasteiger partial charge on any atom is 0.239 e. The van der Waals surface area contributed by atoms with Gasteiger partial charge in [0.1, 0.15) is 11.5 Å². The van der Waals surface area contributed by atoms with Crippen molar-refractivity contribution in [3.05, 3.63) is 161 Å². The molecule has 8 rings (SSSR count). The zero-order valence-electron chi connectivity index (χ0n) is 26.2. The maximum absolute atomic E-state index is 16.0. The molecule has 1 aliphatic heterocycles. The van der Waals surface area contributed by atoms with Crippen LogP contribution in [-0.4, -0.2) is 31.8 Å². The first kappa shape index (κ1) is 29.9. The summed E-state index contributed by atoms with van der Waals surface area (Å²) in [7, 11) is 3.21. The van der Waals surface area contributed by atoms with Crippen LogP contribution in [0.1, 0.15) is 22.3 Å². The number of benzene rings is 5. The SMILES string of the molecule is COc1ccc(C2=C(c3ccc(OC)cc3)[C@@]3(c4ccccc4)C(=O)[C@@]2(c2ccccc2)[C@H]2C(=O)N(c4cccc(Cl)c4)C(=O)[C@@H]23)cc1. The number of ketones is 1. The summed E-state index contributed by atoms with van der Waals surface area (Å²) < 4.78 is 11.0. The van der Waals surface area contributed by atoms with Crippen LogP contribution in [-0.2, 0) is 25.2 Å². The number of methoxy groups -OCH3 is 2. The Kier molecular flexibility index (Phi) is 6.90. The largest absolute Gasteiger partial charge is 0.497 e. The van der Waals surface area contributed by atoms with Crippen LogP contribution in [0.5, 0.6) is 11.5 Å². The van der Waals surface area contributed by atoms with E-state index >= 15 is 14.4 Å². The van der Waals surface area contributed by atoms with Crippen molar-refractivity contribution in [2.45, 2.75) is 10.8 Å². The Labute approximate surface area is 283 Å². The highest BCUT2D eigenvalue weighted by Gasteiger charge is 2.82. The number of Topliss-reactive ketones (excluding diaryl/α,β-unsaturated/α-hetero) is 1. The minimum atomic E-state index is -1.51. The number of anilines is 1. The molecule has 0 aromatic heterocycles. The van der Waals surface area contributed by atoms with Gasteiger partial charge in [0.25, 0.3) is 0 Å². The molecule has 7 heteroatoms. The predicted octanol–water partition coefficient (Wildman–Crippen LogP) is 7.55. The van der Waals surface area contributed by atoms with Crippen molar-refractivity contribution in [1.29, 1.82) is 0 Å². The molecule has 2 amide bonds. The molecular weight excluding hydrogens is 622 g/mol. The summed E-state index contributed by atoms with van der Waals surface area (Å²) in [5.74, 6) is -1.79. The van der Waals surface area contributed by atoms with Crippen LogP contribution < -0.4 is 14.4 Å². The summed E-state index contributed by atoms with van der Waals surface area (Å²) in [4.78, 5) is 47.3. The summed E-state index contributed by atoms with van der Waals surface area (Å²) in [5, 5.41) is 0.399. The smallest absolute Gasteiger partial charge is 0.239 e. The Hall–Kier alpha value is -5.46. The van der Waals surface area contributed by atoms with Gasteiger partial charge < -0.3 is 9.47 Å². The Morgan fingerprint density at radius 1 is 0.562 bits per heavy atom. The molecule has 0 radical (unpaired) electrons. The Bertz CT molecular complexity index is 2000. The maximum atomic E-state index is 16.0. The van der Waals surface area contributed by atoms with Crippen molar-refractivity contribution in [2.24, 2.45) is 11.8 Å². The van der Waals surface area contributed by atoms with Gasteiger partial charge >= 0.3 is 0 Å². The second-order valence-corrected chi connectivity index (χ2v) is 12.8. The lowest BCUT2D eigenvalue weighted by atomic mass is 9.59. The number of imide groups is 1. The molecule has 1 saturated carbocycles. The normalized spacial score (nSPS) is 24.3. The zero-order chi connectivity index (χ0) is 33.2. The van der Waals surface area contributed by atoms with E-state index in [4.69, 9.17) is 21.1 Å². The molecule has 3 aliphatic rings. The van der Waals surface area contributed by atoms with Gasteiger partial charge in [-0.15, -0.1) is 0 Å². The van der Waals surface area contributed by atoms with E-state index in [2.05, 4.69) is 0 Å². The monoisotopic (exact) mass is 651 g/mol. The minimum Gasteiger partial charge on any atom is -0.497 e. The van der Waals surface area contributed by atoms with E-state index < -0.39 is 34.5 Å². The average molecular weight is 652 g/mol. The van der Waals surface area contributed by atoms with Crippen LogP contribution in [0.4, 0.5) is 5.69 Å². The fraction of sp³-hybridized carbons (Fsp3) is 0.146. The van der Waals surface area contributed by atoms with Gasteiger partial charge in [0.2, 0.25) is 11.8 Å². The number of rotatable bonds is 7. The van der Waals surface area contributed by atoms with Gasteiger partial charge in [0.05, 0.1) is 42.6 Å². The molecule has 5 aromatic carbocycles. The Balaban J connectivity index is 1.55. The van der Waals surface area contributed by atoms with Gasteiger partial charge in [-0.25, -0.2) is 4.90 Å². The van der Waals surface area contributed by atoms with E-state index in [0.29, 0.717) is 44.5 Å². The van der Waals surface area contributed by atoms with Crippen molar-refractivity contribution in [2.75, 3.05) is 19.1 Å². The van der Waals surface area contributed by atoms with Gasteiger partial charge in [0, 0.05) is 5.02 Å². The van der Waals surface area contributed by atoms with Gasteiger partial charge in [-0.05, 0) is 75.9 Å². The van der Waals surface area contributed by atoms with Crippen LogP contribution in [0, 0.1) is 11.8 Å². The fourth-order valence-electron chi connectivity index (χ4n) is 8.51. The second kappa shape index (κ2) is 11.1. The third-order valence-corrected chi connectivity index (χ3v) is 10.5. The van der Waals surface area contributed by atoms with E-state index in [-0.39, 0.29) is 5.78 Å². The summed E-state index contributed by atoms with van der Waals surface area (Å²) in [6.07, 6.45) is 0. The molecule has 236 valence electrons. The minimum absolute atomic E-state index is 0.188. The number of ether oxygens (including phenoxy) is 2.